The van der Waals surface area contributed by atoms with Crippen LogP contribution in [0.5, 0.6) is 0 Å². The number of rotatable bonds is 7. The minimum Gasteiger partial charge on any atom is -0.358 e. The molecule has 23 heavy (non-hydrogen) atoms. The summed E-state index contributed by atoms with van der Waals surface area (Å²) in [5, 5.41) is 7.47. The molecule has 0 saturated heterocycles. The lowest BCUT2D eigenvalue weighted by Crippen LogP contribution is -2.37. The second-order valence-electron chi connectivity index (χ2n) is 4.92. The van der Waals surface area contributed by atoms with Gasteiger partial charge in [-0.1, -0.05) is 12.1 Å². The van der Waals surface area contributed by atoms with Gasteiger partial charge in [0.1, 0.15) is 0 Å². The van der Waals surface area contributed by atoms with Crippen LogP contribution in [0.3, 0.4) is 0 Å². The molecule has 0 spiro atoms. The van der Waals surface area contributed by atoms with Gasteiger partial charge in [0.15, 0.2) is 0 Å². The number of amides is 4. The molecule has 0 radical (unpaired) electrons. The molecular formula is C16H24N4O3. The number of nitrogens with zero attached hydrogens (tertiary/aromatic N) is 1. The zero-order valence-electron chi connectivity index (χ0n) is 13.8. The Hall–Kier alpha value is -2.57. The van der Waals surface area contributed by atoms with E-state index in [0.29, 0.717) is 25.2 Å². The fourth-order valence-corrected chi connectivity index (χ4v) is 1.99. The summed E-state index contributed by atoms with van der Waals surface area (Å²) < 4.78 is 0. The number of likely N-dealkylation sites (N-methyl/N-ethyl adjacent to an activating group) is 2. The third kappa shape index (κ3) is 6.37. The van der Waals surface area contributed by atoms with Crippen LogP contribution in [-0.4, -0.2) is 49.4 Å². The third-order valence-electron chi connectivity index (χ3n) is 3.37. The van der Waals surface area contributed by atoms with Crippen LogP contribution in [0.4, 0.5) is 10.5 Å². The number of urea groups is 1. The Labute approximate surface area is 136 Å². The van der Waals surface area contributed by atoms with Crippen molar-refractivity contribution < 1.29 is 14.4 Å². The van der Waals surface area contributed by atoms with Crippen LogP contribution < -0.4 is 16.0 Å². The van der Waals surface area contributed by atoms with E-state index in [2.05, 4.69) is 16.0 Å². The number of carbonyl (C=O) groups is 3. The Kier molecular flexibility index (Phi) is 7.59. The first-order valence-electron chi connectivity index (χ1n) is 7.62. The van der Waals surface area contributed by atoms with Crippen molar-refractivity contribution in [3.8, 4) is 0 Å². The molecule has 7 heteroatoms. The van der Waals surface area contributed by atoms with Crippen LogP contribution in [0.1, 0.15) is 19.4 Å². The van der Waals surface area contributed by atoms with Crippen molar-refractivity contribution in [2.75, 3.05) is 32.0 Å². The summed E-state index contributed by atoms with van der Waals surface area (Å²) in [6.45, 7) is 5.21. The standard InChI is InChI=1S/C16H24N4O3/c1-4-20(5-2)15(22)10-12-6-8-13(9-7-12)19-16(23)18-11-14(21)17-3/h6-9H,4-5,10-11H2,1-3H3,(H,17,21)(H2,18,19,23). The maximum atomic E-state index is 12.0. The summed E-state index contributed by atoms with van der Waals surface area (Å²) in [4.78, 5) is 36.4. The number of nitrogens with one attached hydrogen (secondary N) is 3. The summed E-state index contributed by atoms with van der Waals surface area (Å²) >= 11 is 0. The Morgan fingerprint density at radius 1 is 1.04 bits per heavy atom. The van der Waals surface area contributed by atoms with Gasteiger partial charge in [0.25, 0.3) is 0 Å². The molecule has 0 fully saturated rings. The molecule has 3 N–H and O–H groups in total. The maximum Gasteiger partial charge on any atom is 0.319 e. The molecule has 1 aromatic rings. The summed E-state index contributed by atoms with van der Waals surface area (Å²) in [5.74, 6) is -0.190. The summed E-state index contributed by atoms with van der Waals surface area (Å²) in [7, 11) is 1.50. The van der Waals surface area contributed by atoms with Crippen LogP contribution in [0, 0.1) is 0 Å². The third-order valence-corrected chi connectivity index (χ3v) is 3.37. The van der Waals surface area contributed by atoms with E-state index in [0.717, 1.165) is 5.56 Å². The molecule has 1 aromatic carbocycles. The van der Waals surface area contributed by atoms with Crippen LogP contribution in [0.2, 0.25) is 0 Å². The molecule has 7 nitrogen and oxygen atoms in total. The van der Waals surface area contributed by atoms with Gasteiger partial charge >= 0.3 is 6.03 Å². The van der Waals surface area contributed by atoms with Crippen molar-refractivity contribution in [2.45, 2.75) is 20.3 Å². The molecule has 4 amide bonds. The average molecular weight is 320 g/mol. The average Bonchev–Trinajstić information content (AvgIpc) is 2.55. The van der Waals surface area contributed by atoms with E-state index in [1.165, 1.54) is 7.05 Å². The first kappa shape index (κ1) is 18.5. The van der Waals surface area contributed by atoms with Crippen LogP contribution in [0.25, 0.3) is 0 Å². The van der Waals surface area contributed by atoms with Gasteiger partial charge in [0, 0.05) is 25.8 Å². The summed E-state index contributed by atoms with van der Waals surface area (Å²) in [6.07, 6.45) is 0.338. The van der Waals surface area contributed by atoms with E-state index in [1.54, 1.807) is 29.2 Å². The topological polar surface area (TPSA) is 90.5 Å². The highest BCUT2D eigenvalue weighted by atomic mass is 16.2. The molecule has 0 aliphatic heterocycles. The monoisotopic (exact) mass is 320 g/mol. The summed E-state index contributed by atoms with van der Waals surface area (Å²) in [5.41, 5.74) is 1.48. The fourth-order valence-electron chi connectivity index (χ4n) is 1.99. The number of hydrogen-bond donors (Lipinski definition) is 3. The number of anilines is 1. The van der Waals surface area contributed by atoms with Crippen molar-refractivity contribution in [3.05, 3.63) is 29.8 Å². The highest BCUT2D eigenvalue weighted by Crippen LogP contribution is 2.11. The predicted molar refractivity (Wildman–Crippen MR) is 89.2 cm³/mol. The molecule has 0 aliphatic carbocycles. The van der Waals surface area contributed by atoms with E-state index in [4.69, 9.17) is 0 Å². The smallest absolute Gasteiger partial charge is 0.319 e. The first-order valence-corrected chi connectivity index (χ1v) is 7.62. The zero-order chi connectivity index (χ0) is 17.2. The number of benzene rings is 1. The Bertz CT molecular complexity index is 539. The Morgan fingerprint density at radius 2 is 1.65 bits per heavy atom. The lowest BCUT2D eigenvalue weighted by Gasteiger charge is -2.18. The second-order valence-corrected chi connectivity index (χ2v) is 4.92. The van der Waals surface area contributed by atoms with Gasteiger partial charge in [-0.05, 0) is 31.5 Å². The number of hydrogen-bond acceptors (Lipinski definition) is 3. The molecule has 126 valence electrons. The predicted octanol–water partition coefficient (Wildman–Crippen LogP) is 0.965. The molecular weight excluding hydrogens is 296 g/mol. The molecule has 0 heterocycles. The van der Waals surface area contributed by atoms with E-state index in [9.17, 15) is 14.4 Å². The van der Waals surface area contributed by atoms with Gasteiger partial charge < -0.3 is 20.9 Å². The first-order chi connectivity index (χ1) is 11.0. The normalized spacial score (nSPS) is 9.87. The van der Waals surface area contributed by atoms with Gasteiger partial charge in [-0.25, -0.2) is 4.79 Å². The van der Waals surface area contributed by atoms with Crippen molar-refractivity contribution in [3.63, 3.8) is 0 Å². The Balaban J connectivity index is 2.51. The van der Waals surface area contributed by atoms with Crippen molar-refractivity contribution in [2.24, 2.45) is 0 Å². The molecule has 0 atom stereocenters. The SMILES string of the molecule is CCN(CC)C(=O)Cc1ccc(NC(=O)NCC(=O)NC)cc1. The van der Waals surface area contributed by atoms with Crippen molar-refractivity contribution in [1.29, 1.82) is 0 Å². The largest absolute Gasteiger partial charge is 0.358 e. The minimum atomic E-state index is -0.458. The molecule has 1 rings (SSSR count). The van der Waals surface area contributed by atoms with E-state index >= 15 is 0 Å². The van der Waals surface area contributed by atoms with E-state index < -0.39 is 6.03 Å². The van der Waals surface area contributed by atoms with Gasteiger partial charge in [-0.3, -0.25) is 9.59 Å². The molecule has 0 unspecified atom stereocenters. The minimum absolute atomic E-state index is 0.0824. The highest BCUT2D eigenvalue weighted by molar-refractivity contribution is 5.92. The van der Waals surface area contributed by atoms with Crippen LogP contribution >= 0.6 is 0 Å². The van der Waals surface area contributed by atoms with Crippen LogP contribution in [0.15, 0.2) is 24.3 Å². The van der Waals surface area contributed by atoms with Gasteiger partial charge in [0.05, 0.1) is 13.0 Å². The fraction of sp³-hybridized carbons (Fsp3) is 0.438. The van der Waals surface area contributed by atoms with Crippen molar-refractivity contribution >= 4 is 23.5 Å². The molecule has 0 saturated carbocycles. The lowest BCUT2D eigenvalue weighted by atomic mass is 10.1. The zero-order valence-corrected chi connectivity index (χ0v) is 13.8. The molecule has 0 bridgehead atoms. The quantitative estimate of drug-likeness (QED) is 0.699. The molecule has 0 aromatic heterocycles. The van der Waals surface area contributed by atoms with Gasteiger partial charge in [-0.15, -0.1) is 0 Å². The van der Waals surface area contributed by atoms with Gasteiger partial charge in [0.2, 0.25) is 11.8 Å². The Morgan fingerprint density at radius 3 is 2.17 bits per heavy atom. The van der Waals surface area contributed by atoms with Crippen molar-refractivity contribution in [1.82, 2.24) is 15.5 Å². The highest BCUT2D eigenvalue weighted by Gasteiger charge is 2.10. The maximum absolute atomic E-state index is 12.0. The van der Waals surface area contributed by atoms with Gasteiger partial charge in [-0.2, -0.15) is 0 Å². The second kappa shape index (κ2) is 9.45. The van der Waals surface area contributed by atoms with Crippen LogP contribution in [-0.2, 0) is 16.0 Å². The van der Waals surface area contributed by atoms with E-state index in [-0.39, 0.29) is 18.4 Å². The van der Waals surface area contributed by atoms with E-state index in [1.807, 2.05) is 13.8 Å². The number of carbonyl (C=O) groups excluding carboxylic acids is 3. The molecule has 0 aliphatic rings. The summed E-state index contributed by atoms with van der Waals surface area (Å²) in [6, 6.07) is 6.60. The lowest BCUT2D eigenvalue weighted by molar-refractivity contribution is -0.130.